The van der Waals surface area contributed by atoms with Crippen molar-refractivity contribution >= 4 is 17.2 Å². The smallest absolute Gasteiger partial charge is 0.257 e. The summed E-state index contributed by atoms with van der Waals surface area (Å²) in [5.74, 6) is 1.45. The quantitative estimate of drug-likeness (QED) is 0.679. The van der Waals surface area contributed by atoms with Crippen molar-refractivity contribution in [3.63, 3.8) is 0 Å². The van der Waals surface area contributed by atoms with Crippen LogP contribution in [0.4, 0.5) is 0 Å². The van der Waals surface area contributed by atoms with Crippen LogP contribution < -0.4 is 0 Å². The molecule has 1 saturated heterocycles. The van der Waals surface area contributed by atoms with Gasteiger partial charge in [0.1, 0.15) is 0 Å². The van der Waals surface area contributed by atoms with Crippen LogP contribution in [0.5, 0.6) is 0 Å². The zero-order valence-corrected chi connectivity index (χ0v) is 16.1. The number of carbonyl (C=O) groups is 1. The molecule has 6 nitrogen and oxygen atoms in total. The fourth-order valence-electron chi connectivity index (χ4n) is 3.24. The standard InChI is InChI=1S/C20H22N4O2S/c1-15-4-2-5-16(12-15)20-21-18(22-26-20)14-23-7-9-24(10-8-23)19(25)13-17-6-3-11-27-17/h2-6,11-12H,7-10,13-14H2,1H3. The monoisotopic (exact) mass is 382 g/mol. The molecule has 1 aromatic carbocycles. The molecule has 3 aromatic rings. The first-order valence-electron chi connectivity index (χ1n) is 9.09. The third-order valence-electron chi connectivity index (χ3n) is 4.73. The summed E-state index contributed by atoms with van der Waals surface area (Å²) in [6.45, 7) is 5.82. The lowest BCUT2D eigenvalue weighted by Crippen LogP contribution is -2.48. The van der Waals surface area contributed by atoms with Crippen molar-refractivity contribution in [3.8, 4) is 11.5 Å². The Balaban J connectivity index is 1.30. The minimum absolute atomic E-state index is 0.207. The van der Waals surface area contributed by atoms with Gasteiger partial charge < -0.3 is 9.42 Å². The fraction of sp³-hybridized carbons (Fsp3) is 0.350. The van der Waals surface area contributed by atoms with Crippen LogP contribution in [-0.4, -0.2) is 52.0 Å². The van der Waals surface area contributed by atoms with E-state index in [-0.39, 0.29) is 5.91 Å². The van der Waals surface area contributed by atoms with Crippen LogP contribution in [0.1, 0.15) is 16.3 Å². The Bertz CT molecular complexity index is 898. The number of hydrogen-bond donors (Lipinski definition) is 0. The molecule has 2 aromatic heterocycles. The molecular weight excluding hydrogens is 360 g/mol. The molecular formula is C20H22N4O2S. The minimum Gasteiger partial charge on any atom is -0.340 e. The third kappa shape index (κ3) is 4.43. The lowest BCUT2D eigenvalue weighted by molar-refractivity contribution is -0.132. The van der Waals surface area contributed by atoms with Crippen LogP contribution in [-0.2, 0) is 17.8 Å². The van der Waals surface area contributed by atoms with Crippen LogP contribution >= 0.6 is 11.3 Å². The molecule has 0 unspecified atom stereocenters. The van der Waals surface area contributed by atoms with Crippen molar-refractivity contribution in [2.45, 2.75) is 19.9 Å². The van der Waals surface area contributed by atoms with Gasteiger partial charge in [0, 0.05) is 36.6 Å². The summed E-state index contributed by atoms with van der Waals surface area (Å²) in [6, 6.07) is 12.0. The van der Waals surface area contributed by atoms with Crippen LogP contribution in [0.3, 0.4) is 0 Å². The number of aromatic nitrogens is 2. The molecule has 0 aliphatic carbocycles. The molecule has 1 aliphatic heterocycles. The second-order valence-corrected chi connectivity index (χ2v) is 7.83. The van der Waals surface area contributed by atoms with E-state index in [9.17, 15) is 4.79 Å². The Labute approximate surface area is 162 Å². The summed E-state index contributed by atoms with van der Waals surface area (Å²) in [5.41, 5.74) is 2.10. The number of piperazine rings is 1. The van der Waals surface area contributed by atoms with Gasteiger partial charge in [-0.05, 0) is 30.5 Å². The summed E-state index contributed by atoms with van der Waals surface area (Å²) >= 11 is 1.63. The van der Waals surface area contributed by atoms with Crippen LogP contribution in [0.15, 0.2) is 46.3 Å². The van der Waals surface area contributed by atoms with Gasteiger partial charge in [-0.1, -0.05) is 28.9 Å². The Hall–Kier alpha value is -2.51. The molecule has 0 atom stereocenters. The topological polar surface area (TPSA) is 62.5 Å². The van der Waals surface area contributed by atoms with E-state index in [1.807, 2.05) is 53.6 Å². The lowest BCUT2D eigenvalue weighted by Gasteiger charge is -2.34. The molecule has 3 heterocycles. The van der Waals surface area contributed by atoms with Crippen LogP contribution in [0.2, 0.25) is 0 Å². The third-order valence-corrected chi connectivity index (χ3v) is 5.61. The highest BCUT2D eigenvalue weighted by atomic mass is 32.1. The largest absolute Gasteiger partial charge is 0.340 e. The summed E-state index contributed by atoms with van der Waals surface area (Å²) < 4.78 is 5.41. The lowest BCUT2D eigenvalue weighted by atomic mass is 10.1. The first-order valence-corrected chi connectivity index (χ1v) is 9.97. The molecule has 1 amide bonds. The molecule has 4 rings (SSSR count). The second-order valence-electron chi connectivity index (χ2n) is 6.80. The number of hydrogen-bond acceptors (Lipinski definition) is 6. The summed E-state index contributed by atoms with van der Waals surface area (Å²) in [7, 11) is 0. The fourth-order valence-corrected chi connectivity index (χ4v) is 3.94. The normalized spacial score (nSPS) is 15.2. The zero-order chi connectivity index (χ0) is 18.6. The number of thiophene rings is 1. The Morgan fingerprint density at radius 2 is 2.04 bits per heavy atom. The van der Waals surface area contributed by atoms with E-state index in [0.717, 1.165) is 42.2 Å². The number of benzene rings is 1. The number of carbonyl (C=O) groups excluding carboxylic acids is 1. The Morgan fingerprint density at radius 1 is 1.19 bits per heavy atom. The molecule has 0 saturated carbocycles. The summed E-state index contributed by atoms with van der Waals surface area (Å²) in [5, 5.41) is 6.12. The first kappa shape index (κ1) is 17.9. The maximum Gasteiger partial charge on any atom is 0.257 e. The van der Waals surface area contributed by atoms with Crippen molar-refractivity contribution in [3.05, 3.63) is 58.0 Å². The van der Waals surface area contributed by atoms with Gasteiger partial charge in [-0.25, -0.2) is 0 Å². The molecule has 1 fully saturated rings. The average Bonchev–Trinajstić information content (AvgIpc) is 3.34. The Morgan fingerprint density at radius 3 is 2.78 bits per heavy atom. The van der Waals surface area contributed by atoms with Gasteiger partial charge in [-0.3, -0.25) is 9.69 Å². The van der Waals surface area contributed by atoms with Gasteiger partial charge in [-0.2, -0.15) is 4.98 Å². The van der Waals surface area contributed by atoms with E-state index in [0.29, 0.717) is 24.7 Å². The number of rotatable bonds is 5. The van der Waals surface area contributed by atoms with E-state index >= 15 is 0 Å². The van der Waals surface area contributed by atoms with Gasteiger partial charge >= 0.3 is 0 Å². The molecule has 1 aliphatic rings. The minimum atomic E-state index is 0.207. The highest BCUT2D eigenvalue weighted by molar-refractivity contribution is 7.10. The SMILES string of the molecule is Cc1cccc(-c2nc(CN3CCN(C(=O)Cc4cccs4)CC3)no2)c1. The predicted molar refractivity (Wildman–Crippen MR) is 104 cm³/mol. The number of aryl methyl sites for hydroxylation is 1. The van der Waals surface area contributed by atoms with Crippen molar-refractivity contribution in [2.75, 3.05) is 26.2 Å². The maximum absolute atomic E-state index is 12.4. The van der Waals surface area contributed by atoms with Crippen molar-refractivity contribution in [1.29, 1.82) is 0 Å². The Kier molecular flexibility index (Phi) is 5.31. The molecule has 0 N–H and O–H groups in total. The van der Waals surface area contributed by atoms with Crippen LogP contribution in [0, 0.1) is 6.92 Å². The zero-order valence-electron chi connectivity index (χ0n) is 15.3. The van der Waals surface area contributed by atoms with E-state index < -0.39 is 0 Å². The van der Waals surface area contributed by atoms with Gasteiger partial charge in [0.25, 0.3) is 5.89 Å². The molecule has 0 radical (unpaired) electrons. The summed E-state index contributed by atoms with van der Waals surface area (Å²) in [4.78, 5) is 22.2. The number of nitrogens with zero attached hydrogens (tertiary/aromatic N) is 4. The molecule has 7 heteroatoms. The van der Waals surface area contributed by atoms with Gasteiger partial charge in [0.15, 0.2) is 5.82 Å². The van der Waals surface area contributed by atoms with E-state index in [1.54, 1.807) is 11.3 Å². The van der Waals surface area contributed by atoms with Gasteiger partial charge in [0.2, 0.25) is 5.91 Å². The van der Waals surface area contributed by atoms with E-state index in [4.69, 9.17) is 4.52 Å². The van der Waals surface area contributed by atoms with Crippen molar-refractivity contribution < 1.29 is 9.32 Å². The average molecular weight is 382 g/mol. The highest BCUT2D eigenvalue weighted by Gasteiger charge is 2.22. The molecule has 0 bridgehead atoms. The van der Waals surface area contributed by atoms with Gasteiger partial charge in [-0.15, -0.1) is 11.3 Å². The van der Waals surface area contributed by atoms with E-state index in [2.05, 4.69) is 15.0 Å². The van der Waals surface area contributed by atoms with E-state index in [1.165, 1.54) is 0 Å². The first-order chi connectivity index (χ1) is 13.2. The van der Waals surface area contributed by atoms with Crippen LogP contribution in [0.25, 0.3) is 11.5 Å². The predicted octanol–water partition coefficient (Wildman–Crippen LogP) is 2.99. The summed E-state index contributed by atoms with van der Waals surface area (Å²) in [6.07, 6.45) is 0.502. The maximum atomic E-state index is 12.4. The number of amides is 1. The molecule has 27 heavy (non-hydrogen) atoms. The van der Waals surface area contributed by atoms with Crippen molar-refractivity contribution in [1.82, 2.24) is 19.9 Å². The highest BCUT2D eigenvalue weighted by Crippen LogP contribution is 2.19. The molecule has 0 spiro atoms. The second kappa shape index (κ2) is 8.02. The molecule has 140 valence electrons. The van der Waals surface area contributed by atoms with Gasteiger partial charge in [0.05, 0.1) is 13.0 Å². The van der Waals surface area contributed by atoms with Crippen molar-refractivity contribution in [2.24, 2.45) is 0 Å².